The summed E-state index contributed by atoms with van der Waals surface area (Å²) < 4.78 is 17.1. The summed E-state index contributed by atoms with van der Waals surface area (Å²) in [5, 5.41) is 20.6. The zero-order valence-corrected chi connectivity index (χ0v) is 37.0. The minimum Gasteiger partial charge on any atom is -0.483 e. The fourth-order valence-corrected chi connectivity index (χ4v) is 8.44. The van der Waals surface area contributed by atoms with Gasteiger partial charge in [-0.3, -0.25) is 39.1 Å². The minimum absolute atomic E-state index is 0.00260. The van der Waals surface area contributed by atoms with E-state index in [0.717, 1.165) is 58.8 Å². The van der Waals surface area contributed by atoms with Gasteiger partial charge in [0.05, 0.1) is 29.9 Å². The van der Waals surface area contributed by atoms with Crippen LogP contribution in [0, 0.1) is 11.3 Å². The maximum atomic E-state index is 13.9. The van der Waals surface area contributed by atoms with E-state index in [-0.39, 0.29) is 74.2 Å². The number of nitrogens with one attached hydrogen (secondary N) is 4. The topological polar surface area (TPSA) is 234 Å². The number of piperidine rings is 1. The molecule has 1 atom stereocenters. The summed E-state index contributed by atoms with van der Waals surface area (Å²) in [6.07, 6.45) is 6.49. The van der Waals surface area contributed by atoms with Crippen LogP contribution in [0.3, 0.4) is 0 Å². The van der Waals surface area contributed by atoms with Crippen LogP contribution in [0.1, 0.15) is 70.4 Å². The van der Waals surface area contributed by atoms with E-state index in [1.807, 2.05) is 77.7 Å². The van der Waals surface area contributed by atoms with Gasteiger partial charge in [-0.05, 0) is 91.3 Å². The van der Waals surface area contributed by atoms with Gasteiger partial charge in [0.2, 0.25) is 17.7 Å². The molecular formula is C50H49N9O9. The van der Waals surface area contributed by atoms with E-state index in [0.29, 0.717) is 18.0 Å². The Morgan fingerprint density at radius 3 is 2.37 bits per heavy atom. The van der Waals surface area contributed by atoms with Crippen molar-refractivity contribution in [2.75, 3.05) is 43.2 Å². The summed E-state index contributed by atoms with van der Waals surface area (Å²) in [5.41, 5.74) is 4.09. The van der Waals surface area contributed by atoms with Crippen molar-refractivity contribution in [3.8, 4) is 28.8 Å². The molecule has 1 unspecified atom stereocenters. The summed E-state index contributed by atoms with van der Waals surface area (Å²) in [7, 11) is 0. The summed E-state index contributed by atoms with van der Waals surface area (Å²) in [6.45, 7) is 0.726. The zero-order valence-electron chi connectivity index (χ0n) is 37.0. The SMILES string of the molecule is N#Cc1ccc(NC2CCC(N(C(=O)NCc3ccccc3)c3ccc(-c4ccnc(OCCOCCNC(=O)COc5cccc6c5C(=O)N(C5CCC(=O)NC5=O)C6=O)c4)cc3)CC2)nc1. The first-order chi connectivity index (χ1) is 33.1. The molecule has 1 aliphatic carbocycles. The third kappa shape index (κ3) is 11.3. The number of hydrogen-bond acceptors (Lipinski definition) is 13. The Morgan fingerprint density at radius 1 is 0.809 bits per heavy atom. The molecule has 18 heteroatoms. The molecule has 3 aliphatic rings. The Hall–Kier alpha value is -8.17. The Labute approximate surface area is 392 Å². The van der Waals surface area contributed by atoms with Gasteiger partial charge < -0.3 is 30.2 Å². The normalized spacial score (nSPS) is 17.6. The summed E-state index contributed by atoms with van der Waals surface area (Å²) in [4.78, 5) is 88.3. The first-order valence-corrected chi connectivity index (χ1v) is 22.4. The number of pyridine rings is 2. The van der Waals surface area contributed by atoms with Gasteiger partial charge in [0.1, 0.15) is 30.3 Å². The summed E-state index contributed by atoms with van der Waals surface area (Å²) in [6, 6.07) is 30.3. The lowest BCUT2D eigenvalue weighted by atomic mass is 9.89. The van der Waals surface area contributed by atoms with E-state index < -0.39 is 42.2 Å². The lowest BCUT2D eigenvalue weighted by Crippen LogP contribution is -2.54. The number of ether oxygens (including phenoxy) is 3. The molecule has 7 amide bonds. The van der Waals surface area contributed by atoms with Gasteiger partial charge in [-0.2, -0.15) is 5.26 Å². The monoisotopic (exact) mass is 919 g/mol. The van der Waals surface area contributed by atoms with Crippen molar-refractivity contribution >= 4 is 47.1 Å². The van der Waals surface area contributed by atoms with E-state index in [1.54, 1.807) is 18.5 Å². The fraction of sp³-hybridized carbons (Fsp3) is 0.300. The van der Waals surface area contributed by atoms with Crippen molar-refractivity contribution in [1.29, 1.82) is 5.26 Å². The number of carbonyl (C=O) groups excluding carboxylic acids is 6. The van der Waals surface area contributed by atoms with Crippen LogP contribution in [0.15, 0.2) is 109 Å². The third-order valence-electron chi connectivity index (χ3n) is 11.9. The average Bonchev–Trinajstić information content (AvgIpc) is 3.62. The number of amides is 7. The van der Waals surface area contributed by atoms with Crippen LogP contribution < -0.4 is 35.6 Å². The first kappa shape index (κ1) is 46.4. The van der Waals surface area contributed by atoms with Crippen molar-refractivity contribution in [1.82, 2.24) is 30.8 Å². The second-order valence-corrected chi connectivity index (χ2v) is 16.4. The Morgan fingerprint density at radius 2 is 1.62 bits per heavy atom. The highest BCUT2D eigenvalue weighted by atomic mass is 16.5. The summed E-state index contributed by atoms with van der Waals surface area (Å²) >= 11 is 0. The Bertz CT molecular complexity index is 2690. The van der Waals surface area contributed by atoms with Crippen molar-refractivity contribution in [3.63, 3.8) is 0 Å². The van der Waals surface area contributed by atoms with E-state index in [9.17, 15) is 28.8 Å². The largest absolute Gasteiger partial charge is 0.483 e. The molecule has 8 rings (SSSR count). The fourth-order valence-electron chi connectivity index (χ4n) is 8.44. The number of carbonyl (C=O) groups is 6. The molecule has 348 valence electrons. The standard InChI is InChI=1S/C50H49N9O9/c51-28-33-9-19-42(54-30-33)56-36-12-16-38(17-13-36)58(50(65)55-29-32-5-2-1-3-6-32)37-14-10-34(11-15-37)35-21-22-53-45(27-35)67-26-25-66-24-23-52-44(61)31-68-41-8-4-7-39-46(41)49(64)59(48(39)63)40-18-20-43(60)57-47(40)62/h1-11,14-15,19,21-22,27,30,36,38,40H,12-13,16-18,20,23-26,29,31H2,(H,52,61)(H,54,56)(H,55,65)(H,57,60,62). The van der Waals surface area contributed by atoms with Crippen molar-refractivity contribution in [3.05, 3.63) is 132 Å². The Balaban J connectivity index is 0.786. The lowest BCUT2D eigenvalue weighted by Gasteiger charge is -2.37. The highest BCUT2D eigenvalue weighted by molar-refractivity contribution is 6.24. The van der Waals surface area contributed by atoms with Crippen LogP contribution in [-0.4, -0.2) is 102 Å². The zero-order chi connectivity index (χ0) is 47.4. The molecule has 0 spiro atoms. The van der Waals surface area contributed by atoms with E-state index in [4.69, 9.17) is 19.5 Å². The number of nitrogens with zero attached hydrogens (tertiary/aromatic N) is 5. The number of benzene rings is 3. The predicted octanol–water partition coefficient (Wildman–Crippen LogP) is 5.15. The molecule has 2 aliphatic heterocycles. The van der Waals surface area contributed by atoms with E-state index >= 15 is 0 Å². The quantitative estimate of drug-likeness (QED) is 0.0659. The van der Waals surface area contributed by atoms with Gasteiger partial charge in [-0.25, -0.2) is 14.8 Å². The number of aromatic nitrogens is 2. The summed E-state index contributed by atoms with van der Waals surface area (Å²) in [5.74, 6) is -1.92. The highest BCUT2D eigenvalue weighted by Crippen LogP contribution is 2.34. The first-order valence-electron chi connectivity index (χ1n) is 22.4. The van der Waals surface area contributed by atoms with Gasteiger partial charge in [-0.15, -0.1) is 0 Å². The van der Waals surface area contributed by atoms with Crippen LogP contribution in [-0.2, 0) is 25.7 Å². The molecule has 18 nitrogen and oxygen atoms in total. The maximum Gasteiger partial charge on any atom is 0.322 e. The van der Waals surface area contributed by atoms with Crippen LogP contribution in [0.25, 0.3) is 11.1 Å². The molecule has 4 N–H and O–H groups in total. The van der Waals surface area contributed by atoms with Crippen LogP contribution in [0.2, 0.25) is 0 Å². The number of imide groups is 2. The number of anilines is 2. The second-order valence-electron chi connectivity index (χ2n) is 16.4. The molecule has 1 saturated carbocycles. The molecule has 68 heavy (non-hydrogen) atoms. The molecule has 3 aromatic carbocycles. The average molecular weight is 920 g/mol. The maximum absolute atomic E-state index is 13.9. The van der Waals surface area contributed by atoms with Crippen LogP contribution in [0.5, 0.6) is 11.6 Å². The predicted molar refractivity (Wildman–Crippen MR) is 247 cm³/mol. The highest BCUT2D eigenvalue weighted by Gasteiger charge is 2.46. The van der Waals surface area contributed by atoms with Gasteiger partial charge in [-0.1, -0.05) is 48.5 Å². The van der Waals surface area contributed by atoms with E-state index in [2.05, 4.69) is 37.3 Å². The number of urea groups is 1. The molecule has 0 radical (unpaired) electrons. The molecule has 5 aromatic rings. The number of hydrogen-bond donors (Lipinski definition) is 4. The van der Waals surface area contributed by atoms with Gasteiger partial charge in [0.15, 0.2) is 6.61 Å². The second kappa shape index (κ2) is 21.9. The van der Waals surface area contributed by atoms with Crippen molar-refractivity contribution < 1.29 is 43.0 Å². The molecule has 0 bridgehead atoms. The molecule has 2 fully saturated rings. The molecule has 1 saturated heterocycles. The third-order valence-corrected chi connectivity index (χ3v) is 11.9. The Kier molecular flexibility index (Phi) is 14.9. The number of rotatable bonds is 18. The smallest absolute Gasteiger partial charge is 0.322 e. The van der Waals surface area contributed by atoms with Crippen LogP contribution >= 0.6 is 0 Å². The number of nitriles is 1. The van der Waals surface area contributed by atoms with Gasteiger partial charge >= 0.3 is 6.03 Å². The van der Waals surface area contributed by atoms with Crippen LogP contribution in [0.4, 0.5) is 16.3 Å². The molecule has 2 aromatic heterocycles. The van der Waals surface area contributed by atoms with Crippen molar-refractivity contribution in [2.45, 2.75) is 63.2 Å². The van der Waals surface area contributed by atoms with Crippen molar-refractivity contribution in [2.24, 2.45) is 0 Å². The minimum atomic E-state index is -1.12. The molecule has 4 heterocycles. The molecular weight excluding hydrogens is 871 g/mol. The van der Waals surface area contributed by atoms with E-state index in [1.165, 1.54) is 18.2 Å². The number of fused-ring (bicyclic) bond motifs is 1. The van der Waals surface area contributed by atoms with Gasteiger partial charge in [0, 0.05) is 55.7 Å². The van der Waals surface area contributed by atoms with Gasteiger partial charge in [0.25, 0.3) is 17.7 Å². The lowest BCUT2D eigenvalue weighted by molar-refractivity contribution is -0.136.